The Morgan fingerprint density at radius 1 is 0.931 bits per heavy atom. The van der Waals surface area contributed by atoms with Gasteiger partial charge < -0.3 is 37.6 Å². The van der Waals surface area contributed by atoms with E-state index in [1.165, 1.54) is 0 Å². The van der Waals surface area contributed by atoms with Gasteiger partial charge in [0, 0.05) is 12.2 Å². The number of aliphatic carboxylic acids is 1. The number of carboxylic acid groups (broad SMARTS) is 1. The van der Waals surface area contributed by atoms with E-state index >= 15 is 0 Å². The lowest BCUT2D eigenvalue weighted by Gasteiger charge is -2.24. The maximum Gasteiger partial charge on any atom is 0.327 e. The molecule has 4 atom stereocenters. The molecule has 4 amide bonds. The topological polar surface area (TPSA) is 214 Å². The van der Waals surface area contributed by atoms with Crippen molar-refractivity contribution in [1.29, 1.82) is 0 Å². The second-order valence-corrected chi connectivity index (χ2v) is 7.03. The molecule has 0 aliphatic rings. The summed E-state index contributed by atoms with van der Waals surface area (Å²) in [5.41, 5.74) is 10.7. The van der Waals surface area contributed by atoms with E-state index in [4.69, 9.17) is 16.6 Å². The number of hydrogen-bond acceptors (Lipinski definition) is 8. The van der Waals surface area contributed by atoms with Crippen LogP contribution < -0.4 is 27.4 Å². The second-order valence-electron chi connectivity index (χ2n) is 6.66. The third kappa shape index (κ3) is 9.58. The van der Waals surface area contributed by atoms with Crippen LogP contribution in [0.15, 0.2) is 0 Å². The number of rotatable bonds is 13. The van der Waals surface area contributed by atoms with Gasteiger partial charge >= 0.3 is 5.97 Å². The van der Waals surface area contributed by atoms with Crippen LogP contribution in [0.2, 0.25) is 0 Å². The molecule has 0 saturated carbocycles. The van der Waals surface area contributed by atoms with Gasteiger partial charge in [-0.1, -0.05) is 13.8 Å². The van der Waals surface area contributed by atoms with Crippen LogP contribution in [0.3, 0.4) is 0 Å². The first-order valence-corrected chi connectivity index (χ1v) is 9.47. The van der Waals surface area contributed by atoms with Gasteiger partial charge in [-0.25, -0.2) is 4.79 Å². The number of amides is 4. The van der Waals surface area contributed by atoms with Gasteiger partial charge in [-0.2, -0.15) is 12.6 Å². The van der Waals surface area contributed by atoms with E-state index in [0.717, 1.165) is 0 Å². The molecule has 0 rings (SSSR count). The van der Waals surface area contributed by atoms with E-state index < -0.39 is 60.4 Å². The van der Waals surface area contributed by atoms with Gasteiger partial charge in [-0.3, -0.25) is 19.2 Å². The van der Waals surface area contributed by atoms with Crippen molar-refractivity contribution in [2.45, 2.75) is 50.9 Å². The molecule has 12 nitrogen and oxygen atoms in total. The Morgan fingerprint density at radius 2 is 1.41 bits per heavy atom. The van der Waals surface area contributed by atoms with Crippen molar-refractivity contribution in [3.8, 4) is 0 Å². The monoisotopic (exact) mass is 435 g/mol. The first-order valence-electron chi connectivity index (χ1n) is 8.84. The standard InChI is InChI=1S/C16H29N5O7S/c1-7(2)12(18)15(26)20-9(5-22)14(25)19-8(3-4-11(17)23)13(24)21-10(6-29)16(27)28/h7-10,12,22,29H,3-6,18H2,1-2H3,(H2,17,23)(H,19,25)(H,20,26)(H,21,24)(H,27,28). The van der Waals surface area contributed by atoms with Gasteiger partial charge in [-0.05, 0) is 12.3 Å². The molecule has 0 aromatic rings. The molecule has 4 unspecified atom stereocenters. The predicted molar refractivity (Wildman–Crippen MR) is 106 cm³/mol. The lowest BCUT2D eigenvalue weighted by molar-refractivity contribution is -0.141. The molecule has 0 spiro atoms. The highest BCUT2D eigenvalue weighted by Gasteiger charge is 2.30. The first kappa shape index (κ1) is 26.6. The third-order valence-corrected chi connectivity index (χ3v) is 4.31. The summed E-state index contributed by atoms with van der Waals surface area (Å²) in [5, 5.41) is 25.1. The van der Waals surface area contributed by atoms with Gasteiger partial charge in [-0.15, -0.1) is 0 Å². The Bertz CT molecular complexity index is 616. The highest BCUT2D eigenvalue weighted by atomic mass is 32.1. The summed E-state index contributed by atoms with van der Waals surface area (Å²) in [6.45, 7) is 2.62. The third-order valence-electron chi connectivity index (χ3n) is 3.95. The molecule has 166 valence electrons. The maximum atomic E-state index is 12.4. The fraction of sp³-hybridized carbons (Fsp3) is 0.688. The van der Waals surface area contributed by atoms with Gasteiger partial charge in [0.2, 0.25) is 23.6 Å². The summed E-state index contributed by atoms with van der Waals surface area (Å²) in [7, 11) is 0. The molecule has 0 aliphatic heterocycles. The van der Waals surface area contributed by atoms with Crippen molar-refractivity contribution >= 4 is 42.2 Å². The predicted octanol–water partition coefficient (Wildman–Crippen LogP) is -3.30. The zero-order chi connectivity index (χ0) is 22.7. The van der Waals surface area contributed by atoms with Crippen molar-refractivity contribution in [2.24, 2.45) is 17.4 Å². The molecular formula is C16H29N5O7S. The quantitative estimate of drug-likeness (QED) is 0.137. The Labute approximate surface area is 173 Å². The first-order chi connectivity index (χ1) is 13.4. The van der Waals surface area contributed by atoms with Crippen molar-refractivity contribution in [1.82, 2.24) is 16.0 Å². The van der Waals surface area contributed by atoms with Crippen LogP contribution in [0.1, 0.15) is 26.7 Å². The minimum absolute atomic E-state index is 0.208. The van der Waals surface area contributed by atoms with Crippen LogP contribution >= 0.6 is 12.6 Å². The Morgan fingerprint density at radius 3 is 1.83 bits per heavy atom. The van der Waals surface area contributed by atoms with E-state index in [0.29, 0.717) is 0 Å². The highest BCUT2D eigenvalue weighted by molar-refractivity contribution is 7.80. The summed E-state index contributed by atoms with van der Waals surface area (Å²) in [5.74, 6) is -4.98. The number of nitrogens with two attached hydrogens (primary N) is 2. The minimum Gasteiger partial charge on any atom is -0.480 e. The number of thiol groups is 1. The molecule has 0 radical (unpaired) electrons. The van der Waals surface area contributed by atoms with Gasteiger partial charge in [0.05, 0.1) is 12.6 Å². The Balaban J connectivity index is 5.24. The average molecular weight is 436 g/mol. The summed E-state index contributed by atoms with van der Waals surface area (Å²) in [4.78, 5) is 58.8. The molecule has 0 fully saturated rings. The number of aliphatic hydroxyl groups excluding tert-OH is 1. The van der Waals surface area contributed by atoms with E-state index in [1.807, 2.05) is 0 Å². The van der Waals surface area contributed by atoms with Gasteiger partial charge in [0.15, 0.2) is 0 Å². The molecule has 0 heterocycles. The van der Waals surface area contributed by atoms with E-state index in [-0.39, 0.29) is 24.5 Å². The molecule has 0 aromatic carbocycles. The average Bonchev–Trinajstić information content (AvgIpc) is 2.65. The summed E-state index contributed by atoms with van der Waals surface area (Å²) in [6.07, 6.45) is -0.491. The number of hydrogen-bond donors (Lipinski definition) is 8. The highest BCUT2D eigenvalue weighted by Crippen LogP contribution is 2.02. The van der Waals surface area contributed by atoms with Crippen molar-refractivity contribution in [2.75, 3.05) is 12.4 Å². The molecule has 0 saturated heterocycles. The van der Waals surface area contributed by atoms with Gasteiger partial charge in [0.1, 0.15) is 18.1 Å². The second kappa shape index (κ2) is 13.0. The normalized spacial score (nSPS) is 15.0. The number of carbonyl (C=O) groups is 5. The van der Waals surface area contributed by atoms with E-state index in [9.17, 15) is 29.1 Å². The SMILES string of the molecule is CC(C)C(N)C(=O)NC(CO)C(=O)NC(CCC(N)=O)C(=O)NC(CS)C(=O)O. The van der Waals surface area contributed by atoms with Crippen LogP contribution in [0.25, 0.3) is 0 Å². The lowest BCUT2D eigenvalue weighted by atomic mass is 10.0. The van der Waals surface area contributed by atoms with Crippen LogP contribution in [0, 0.1) is 5.92 Å². The maximum absolute atomic E-state index is 12.4. The number of aliphatic hydroxyl groups is 1. The van der Waals surface area contributed by atoms with Crippen LogP contribution in [-0.2, 0) is 24.0 Å². The van der Waals surface area contributed by atoms with Gasteiger partial charge in [0.25, 0.3) is 0 Å². The lowest BCUT2D eigenvalue weighted by Crippen LogP contribution is -2.58. The molecule has 13 heteroatoms. The fourth-order valence-corrected chi connectivity index (χ4v) is 2.30. The molecule has 29 heavy (non-hydrogen) atoms. The van der Waals surface area contributed by atoms with E-state index in [2.05, 4.69) is 28.6 Å². The summed E-state index contributed by atoms with van der Waals surface area (Å²) >= 11 is 3.82. The Kier molecular flexibility index (Phi) is 11.9. The summed E-state index contributed by atoms with van der Waals surface area (Å²) in [6, 6.07) is -4.98. The molecule has 0 aromatic heterocycles. The molecule has 0 aliphatic carbocycles. The number of carbonyl (C=O) groups excluding carboxylic acids is 4. The largest absolute Gasteiger partial charge is 0.480 e. The Hall–Kier alpha value is -2.38. The zero-order valence-corrected chi connectivity index (χ0v) is 17.1. The molecular weight excluding hydrogens is 406 g/mol. The van der Waals surface area contributed by atoms with E-state index in [1.54, 1.807) is 13.8 Å². The smallest absolute Gasteiger partial charge is 0.327 e. The van der Waals surface area contributed by atoms with Crippen LogP contribution in [0.4, 0.5) is 0 Å². The van der Waals surface area contributed by atoms with Crippen molar-refractivity contribution in [3.05, 3.63) is 0 Å². The minimum atomic E-state index is -1.41. The number of primary amides is 1. The van der Waals surface area contributed by atoms with Crippen molar-refractivity contribution in [3.63, 3.8) is 0 Å². The molecule has 9 N–H and O–H groups in total. The van der Waals surface area contributed by atoms with Crippen LogP contribution in [-0.4, -0.2) is 76.3 Å². The molecule has 0 bridgehead atoms. The van der Waals surface area contributed by atoms with Crippen LogP contribution in [0.5, 0.6) is 0 Å². The summed E-state index contributed by atoms with van der Waals surface area (Å²) < 4.78 is 0. The fourth-order valence-electron chi connectivity index (χ4n) is 2.05. The zero-order valence-electron chi connectivity index (χ0n) is 16.3. The number of nitrogens with one attached hydrogen (secondary N) is 3. The van der Waals surface area contributed by atoms with Crippen molar-refractivity contribution < 1.29 is 34.2 Å². The number of carboxylic acids is 1.